The van der Waals surface area contributed by atoms with Crippen LogP contribution in [0.25, 0.3) is 6.08 Å². The number of hydrogen-bond donors (Lipinski definition) is 0. The van der Waals surface area contributed by atoms with Gasteiger partial charge in [0.25, 0.3) is 0 Å². The first kappa shape index (κ1) is 17.6. The Kier molecular flexibility index (Phi) is 6.86. The van der Waals surface area contributed by atoms with Crippen LogP contribution in [0.4, 0.5) is 0 Å². The van der Waals surface area contributed by atoms with Gasteiger partial charge in [-0.05, 0) is 31.5 Å². The van der Waals surface area contributed by atoms with Gasteiger partial charge in [-0.3, -0.25) is 4.79 Å². The lowest BCUT2D eigenvalue weighted by molar-refractivity contribution is -0.146. The minimum Gasteiger partial charge on any atom is -0.466 e. The lowest BCUT2D eigenvalue weighted by Gasteiger charge is -2.08. The molecule has 122 valence electrons. The Hall–Kier alpha value is -2.79. The standard InChI is InChI=1S/C22H22O2/c1-3-24-22(23)21(11-7-10-19-8-5-4-6-9-19)17-16-20-14-12-18(2)13-15-20/h4-6,8-9,12-17,21H,3,11H2,1-2H3/b17-16+. The number of ether oxygens (including phenoxy) is 1. The summed E-state index contributed by atoms with van der Waals surface area (Å²) in [5.41, 5.74) is 3.22. The Morgan fingerprint density at radius 3 is 2.50 bits per heavy atom. The largest absolute Gasteiger partial charge is 0.466 e. The van der Waals surface area contributed by atoms with Gasteiger partial charge in [0, 0.05) is 12.0 Å². The number of benzene rings is 2. The zero-order chi connectivity index (χ0) is 17.2. The molecule has 0 bridgehead atoms. The van der Waals surface area contributed by atoms with Gasteiger partial charge in [-0.2, -0.15) is 0 Å². The predicted octanol–water partition coefficient (Wildman–Crippen LogP) is 4.63. The van der Waals surface area contributed by atoms with E-state index < -0.39 is 0 Å². The first-order valence-corrected chi connectivity index (χ1v) is 8.14. The third kappa shape index (κ3) is 5.78. The molecule has 2 rings (SSSR count). The highest BCUT2D eigenvalue weighted by Gasteiger charge is 2.15. The molecular formula is C22H22O2. The molecule has 2 aromatic carbocycles. The van der Waals surface area contributed by atoms with E-state index in [-0.39, 0.29) is 11.9 Å². The van der Waals surface area contributed by atoms with Gasteiger partial charge in [-0.15, -0.1) is 0 Å². The first-order valence-electron chi connectivity index (χ1n) is 8.14. The second-order valence-electron chi connectivity index (χ2n) is 5.50. The van der Waals surface area contributed by atoms with Gasteiger partial charge in [-0.25, -0.2) is 0 Å². The Bertz CT molecular complexity index is 731. The van der Waals surface area contributed by atoms with Crippen molar-refractivity contribution in [2.75, 3.05) is 6.61 Å². The molecule has 0 aliphatic heterocycles. The third-order valence-electron chi connectivity index (χ3n) is 3.52. The van der Waals surface area contributed by atoms with Crippen molar-refractivity contribution < 1.29 is 9.53 Å². The summed E-state index contributed by atoms with van der Waals surface area (Å²) in [6.07, 6.45) is 4.27. The molecule has 24 heavy (non-hydrogen) atoms. The molecule has 0 fully saturated rings. The van der Waals surface area contributed by atoms with Crippen molar-refractivity contribution in [3.8, 4) is 11.8 Å². The second kappa shape index (κ2) is 9.37. The fourth-order valence-corrected chi connectivity index (χ4v) is 2.17. The van der Waals surface area contributed by atoms with Gasteiger partial charge in [0.15, 0.2) is 0 Å². The molecule has 0 aliphatic carbocycles. The molecule has 0 saturated carbocycles. The zero-order valence-electron chi connectivity index (χ0n) is 14.2. The summed E-state index contributed by atoms with van der Waals surface area (Å²) >= 11 is 0. The summed E-state index contributed by atoms with van der Waals surface area (Å²) < 4.78 is 5.16. The van der Waals surface area contributed by atoms with Crippen LogP contribution in [0.5, 0.6) is 0 Å². The fraction of sp³-hybridized carbons (Fsp3) is 0.227. The monoisotopic (exact) mass is 318 g/mol. The third-order valence-corrected chi connectivity index (χ3v) is 3.52. The molecule has 0 N–H and O–H groups in total. The summed E-state index contributed by atoms with van der Waals surface area (Å²) in [5.74, 6) is 5.58. The van der Waals surface area contributed by atoms with Crippen LogP contribution in [0.3, 0.4) is 0 Å². The quantitative estimate of drug-likeness (QED) is 0.593. The number of carbonyl (C=O) groups excluding carboxylic acids is 1. The van der Waals surface area contributed by atoms with E-state index >= 15 is 0 Å². The molecule has 0 heterocycles. The first-order chi connectivity index (χ1) is 11.7. The highest BCUT2D eigenvalue weighted by molar-refractivity contribution is 5.76. The molecule has 1 atom stereocenters. The van der Waals surface area contributed by atoms with Crippen LogP contribution in [0.1, 0.15) is 30.0 Å². The number of aryl methyl sites for hydroxylation is 1. The molecule has 2 aromatic rings. The molecular weight excluding hydrogens is 296 g/mol. The van der Waals surface area contributed by atoms with E-state index in [0.29, 0.717) is 13.0 Å². The van der Waals surface area contributed by atoms with Crippen LogP contribution in [0, 0.1) is 24.7 Å². The van der Waals surface area contributed by atoms with E-state index in [4.69, 9.17) is 4.74 Å². The molecule has 0 aliphatic rings. The normalized spacial score (nSPS) is 11.6. The minimum atomic E-state index is -0.359. The van der Waals surface area contributed by atoms with E-state index in [1.165, 1.54) is 5.56 Å². The van der Waals surface area contributed by atoms with Crippen molar-refractivity contribution in [2.24, 2.45) is 5.92 Å². The van der Waals surface area contributed by atoms with E-state index in [9.17, 15) is 4.79 Å². The summed E-state index contributed by atoms with van der Waals surface area (Å²) in [7, 11) is 0. The molecule has 0 radical (unpaired) electrons. The molecule has 0 saturated heterocycles. The van der Waals surface area contributed by atoms with E-state index in [1.807, 2.05) is 80.6 Å². The molecule has 2 heteroatoms. The fourth-order valence-electron chi connectivity index (χ4n) is 2.17. The summed E-state index contributed by atoms with van der Waals surface area (Å²) in [4.78, 5) is 12.1. The van der Waals surface area contributed by atoms with Crippen molar-refractivity contribution >= 4 is 12.0 Å². The number of esters is 1. The molecule has 0 amide bonds. The Morgan fingerprint density at radius 2 is 1.83 bits per heavy atom. The summed E-state index contributed by atoms with van der Waals surface area (Å²) in [6, 6.07) is 17.9. The average molecular weight is 318 g/mol. The highest BCUT2D eigenvalue weighted by Crippen LogP contribution is 2.12. The molecule has 0 spiro atoms. The van der Waals surface area contributed by atoms with Crippen molar-refractivity contribution in [2.45, 2.75) is 20.3 Å². The number of carbonyl (C=O) groups is 1. The maximum absolute atomic E-state index is 12.1. The van der Waals surface area contributed by atoms with Crippen LogP contribution in [-0.2, 0) is 9.53 Å². The van der Waals surface area contributed by atoms with Crippen molar-refractivity contribution in [3.05, 3.63) is 77.4 Å². The van der Waals surface area contributed by atoms with Gasteiger partial charge in [0.2, 0.25) is 0 Å². The smallest absolute Gasteiger partial charge is 0.313 e. The van der Waals surface area contributed by atoms with Gasteiger partial charge in [-0.1, -0.05) is 72.0 Å². The van der Waals surface area contributed by atoms with Crippen molar-refractivity contribution in [1.29, 1.82) is 0 Å². The Labute approximate surface area is 144 Å². The van der Waals surface area contributed by atoms with Crippen LogP contribution < -0.4 is 0 Å². The Morgan fingerprint density at radius 1 is 1.12 bits per heavy atom. The van der Waals surface area contributed by atoms with Crippen LogP contribution in [0.2, 0.25) is 0 Å². The van der Waals surface area contributed by atoms with Crippen LogP contribution in [0.15, 0.2) is 60.7 Å². The minimum absolute atomic E-state index is 0.233. The van der Waals surface area contributed by atoms with Crippen LogP contribution in [-0.4, -0.2) is 12.6 Å². The Balaban J connectivity index is 2.08. The average Bonchev–Trinajstić information content (AvgIpc) is 2.60. The SMILES string of the molecule is CCOC(=O)C(/C=C/c1ccc(C)cc1)CC#Cc1ccccc1. The predicted molar refractivity (Wildman–Crippen MR) is 98.3 cm³/mol. The van der Waals surface area contributed by atoms with Crippen LogP contribution >= 0.6 is 0 Å². The van der Waals surface area contributed by atoms with E-state index in [2.05, 4.69) is 11.8 Å². The van der Waals surface area contributed by atoms with Gasteiger partial charge in [0.1, 0.15) is 0 Å². The molecule has 2 nitrogen and oxygen atoms in total. The van der Waals surface area contributed by atoms with Crippen molar-refractivity contribution in [3.63, 3.8) is 0 Å². The lowest BCUT2D eigenvalue weighted by atomic mass is 10.0. The molecule has 1 unspecified atom stereocenters. The maximum atomic E-state index is 12.1. The zero-order valence-corrected chi connectivity index (χ0v) is 14.2. The van der Waals surface area contributed by atoms with Crippen molar-refractivity contribution in [1.82, 2.24) is 0 Å². The van der Waals surface area contributed by atoms with E-state index in [0.717, 1.165) is 11.1 Å². The van der Waals surface area contributed by atoms with Gasteiger partial charge < -0.3 is 4.74 Å². The number of hydrogen-bond acceptors (Lipinski definition) is 2. The number of rotatable bonds is 5. The molecule has 0 aromatic heterocycles. The summed E-state index contributed by atoms with van der Waals surface area (Å²) in [5, 5.41) is 0. The highest BCUT2D eigenvalue weighted by atomic mass is 16.5. The maximum Gasteiger partial charge on any atom is 0.313 e. The van der Waals surface area contributed by atoms with E-state index in [1.54, 1.807) is 0 Å². The van der Waals surface area contributed by atoms with Gasteiger partial charge in [0.05, 0.1) is 12.5 Å². The second-order valence-corrected chi connectivity index (χ2v) is 5.50. The lowest BCUT2D eigenvalue weighted by Crippen LogP contribution is -2.15. The summed E-state index contributed by atoms with van der Waals surface area (Å²) in [6.45, 7) is 4.24. The topological polar surface area (TPSA) is 26.3 Å². The van der Waals surface area contributed by atoms with Gasteiger partial charge >= 0.3 is 5.97 Å².